The van der Waals surface area contributed by atoms with E-state index in [1.165, 1.54) is 17.0 Å². The molecule has 47 heavy (non-hydrogen) atoms. The van der Waals surface area contributed by atoms with Gasteiger partial charge in [-0.2, -0.15) is 0 Å². The van der Waals surface area contributed by atoms with E-state index < -0.39 is 74.2 Å². The van der Waals surface area contributed by atoms with E-state index in [0.29, 0.717) is 13.0 Å². The number of allylic oxidation sites excluding steroid dienone is 1. The van der Waals surface area contributed by atoms with Crippen LogP contribution in [0, 0.1) is 22.7 Å². The molecule has 5 amide bonds. The van der Waals surface area contributed by atoms with E-state index >= 15 is 0 Å². The molecule has 0 radical (unpaired) electrons. The SMILES string of the molecule is C=CCCC(NC(=O)[C@@H]1[C@@H]2[C@H](CN1C(=O)[C@@H](NC(=O)NC(C)(C)C)C(C)(C)C)C2(C)C)C(=O)C(=O)NCCS(=O)(=O)c1ccccc1. The van der Waals surface area contributed by atoms with Gasteiger partial charge in [0, 0.05) is 18.6 Å². The Morgan fingerprint density at radius 2 is 1.64 bits per heavy atom. The lowest BCUT2D eigenvalue weighted by molar-refractivity contribution is -0.145. The summed E-state index contributed by atoms with van der Waals surface area (Å²) in [5, 5.41) is 10.7. The Kier molecular flexibility index (Phi) is 11.4. The van der Waals surface area contributed by atoms with Crippen LogP contribution in [0.3, 0.4) is 0 Å². The third kappa shape index (κ3) is 9.21. The van der Waals surface area contributed by atoms with Crippen LogP contribution in [0.4, 0.5) is 4.79 Å². The van der Waals surface area contributed by atoms with Gasteiger partial charge in [-0.15, -0.1) is 6.58 Å². The summed E-state index contributed by atoms with van der Waals surface area (Å²) in [4.78, 5) is 68.7. The molecule has 1 heterocycles. The van der Waals surface area contributed by atoms with Crippen molar-refractivity contribution in [3.05, 3.63) is 43.0 Å². The highest BCUT2D eigenvalue weighted by molar-refractivity contribution is 7.91. The van der Waals surface area contributed by atoms with E-state index in [-0.39, 0.29) is 35.1 Å². The van der Waals surface area contributed by atoms with Crippen LogP contribution < -0.4 is 21.3 Å². The number of carbonyl (C=O) groups excluding carboxylic acids is 5. The van der Waals surface area contributed by atoms with Crippen molar-refractivity contribution in [2.24, 2.45) is 22.7 Å². The fraction of sp³-hybridized carbons (Fsp3) is 0.618. The van der Waals surface area contributed by atoms with Gasteiger partial charge in [-0.1, -0.05) is 58.9 Å². The van der Waals surface area contributed by atoms with E-state index in [1.54, 1.807) is 24.3 Å². The van der Waals surface area contributed by atoms with Crippen molar-refractivity contribution in [3.8, 4) is 0 Å². The van der Waals surface area contributed by atoms with E-state index in [9.17, 15) is 32.4 Å². The normalized spacial score (nSPS) is 21.4. The molecule has 1 aromatic rings. The van der Waals surface area contributed by atoms with Gasteiger partial charge in [-0.25, -0.2) is 13.2 Å². The molecule has 13 heteroatoms. The van der Waals surface area contributed by atoms with Crippen LogP contribution in [0.2, 0.25) is 0 Å². The number of urea groups is 1. The van der Waals surface area contributed by atoms with Crippen molar-refractivity contribution in [3.63, 3.8) is 0 Å². The highest BCUT2D eigenvalue weighted by Crippen LogP contribution is 2.65. The number of amides is 5. The topological polar surface area (TPSA) is 171 Å². The molecule has 4 N–H and O–H groups in total. The Bertz CT molecular complexity index is 1480. The van der Waals surface area contributed by atoms with Crippen molar-refractivity contribution in [1.82, 2.24) is 26.2 Å². The summed E-state index contributed by atoms with van der Waals surface area (Å²) in [5.74, 6) is -3.46. The van der Waals surface area contributed by atoms with Crippen molar-refractivity contribution in [2.75, 3.05) is 18.8 Å². The molecule has 1 aliphatic carbocycles. The molecule has 1 aliphatic heterocycles. The van der Waals surface area contributed by atoms with Gasteiger partial charge in [0.25, 0.3) is 5.91 Å². The molecule has 0 spiro atoms. The smallest absolute Gasteiger partial charge is 0.315 e. The number of Topliss-reactive ketones (excluding diaryl/α,β-unsaturated/α-hetero) is 1. The minimum absolute atomic E-state index is 0.0448. The second-order valence-corrected chi connectivity index (χ2v) is 17.3. The standard InChI is InChI=1S/C34H51N5O7S/c1-10-11-17-23(26(40)29(42)35-18-19-47(45,46)21-15-13-12-14-16-21)36-28(41)25-24-22(34(24,8)9)20-39(25)30(43)27(32(2,3)4)37-31(44)38-33(5,6)7/h10,12-16,22-25,27H,1,11,17-20H2,2-9H3,(H,35,42)(H,36,41)(H2,37,38,44)/t22-,23?,24-,25-,27+/m0/s1. The molecule has 2 aliphatic rings. The Labute approximate surface area is 278 Å². The monoisotopic (exact) mass is 673 g/mol. The zero-order chi connectivity index (χ0) is 35.5. The molecule has 0 aromatic heterocycles. The Hall–Kier alpha value is -3.74. The minimum atomic E-state index is -3.68. The Balaban J connectivity index is 1.77. The number of benzene rings is 1. The van der Waals surface area contributed by atoms with Gasteiger partial charge in [0.05, 0.1) is 16.7 Å². The largest absolute Gasteiger partial charge is 0.348 e. The zero-order valence-corrected chi connectivity index (χ0v) is 29.6. The number of ketones is 1. The maximum Gasteiger partial charge on any atom is 0.315 e. The molecule has 1 unspecified atom stereocenters. The molecule has 260 valence electrons. The van der Waals surface area contributed by atoms with Gasteiger partial charge < -0.3 is 26.2 Å². The van der Waals surface area contributed by atoms with Crippen molar-refractivity contribution in [1.29, 1.82) is 0 Å². The predicted molar refractivity (Wildman–Crippen MR) is 179 cm³/mol. The van der Waals surface area contributed by atoms with Gasteiger partial charge in [0.15, 0.2) is 9.84 Å². The number of carbonyl (C=O) groups is 5. The van der Waals surface area contributed by atoms with Crippen LogP contribution in [0.5, 0.6) is 0 Å². The van der Waals surface area contributed by atoms with Crippen molar-refractivity contribution in [2.45, 2.75) is 96.8 Å². The van der Waals surface area contributed by atoms with Crippen LogP contribution >= 0.6 is 0 Å². The fourth-order valence-electron chi connectivity index (χ4n) is 6.24. The fourth-order valence-corrected chi connectivity index (χ4v) is 7.41. The number of nitrogens with zero attached hydrogens (tertiary/aromatic N) is 1. The average molecular weight is 674 g/mol. The highest BCUT2D eigenvalue weighted by atomic mass is 32.2. The quantitative estimate of drug-likeness (QED) is 0.184. The second-order valence-electron chi connectivity index (χ2n) is 15.2. The number of piperidine rings is 1. The number of likely N-dealkylation sites (tertiary alicyclic amines) is 1. The van der Waals surface area contributed by atoms with Crippen LogP contribution in [0.15, 0.2) is 47.9 Å². The molecule has 1 saturated carbocycles. The molecule has 2 fully saturated rings. The number of hydrogen-bond acceptors (Lipinski definition) is 7. The maximum absolute atomic E-state index is 14.1. The molecular formula is C34H51N5O7S. The van der Waals surface area contributed by atoms with Gasteiger partial charge in [-0.05, 0) is 68.4 Å². The van der Waals surface area contributed by atoms with Gasteiger partial charge in [0.1, 0.15) is 12.1 Å². The number of sulfone groups is 1. The third-order valence-electron chi connectivity index (χ3n) is 8.91. The number of hydrogen-bond donors (Lipinski definition) is 4. The summed E-state index contributed by atoms with van der Waals surface area (Å²) in [7, 11) is -3.68. The summed E-state index contributed by atoms with van der Waals surface area (Å²) >= 11 is 0. The lowest BCUT2D eigenvalue weighted by Gasteiger charge is -2.38. The summed E-state index contributed by atoms with van der Waals surface area (Å²) in [6.07, 6.45) is 1.96. The second kappa shape index (κ2) is 14.2. The van der Waals surface area contributed by atoms with Crippen molar-refractivity contribution >= 4 is 39.4 Å². The van der Waals surface area contributed by atoms with E-state index in [2.05, 4.69) is 27.8 Å². The Morgan fingerprint density at radius 3 is 2.19 bits per heavy atom. The maximum atomic E-state index is 14.1. The van der Waals surface area contributed by atoms with Crippen LogP contribution in [-0.2, 0) is 29.0 Å². The summed E-state index contributed by atoms with van der Waals surface area (Å²) < 4.78 is 25.2. The number of rotatable bonds is 13. The van der Waals surface area contributed by atoms with Crippen LogP contribution in [-0.4, -0.2) is 85.4 Å². The average Bonchev–Trinajstić information content (AvgIpc) is 3.27. The van der Waals surface area contributed by atoms with E-state index in [4.69, 9.17) is 0 Å². The minimum Gasteiger partial charge on any atom is -0.348 e. The summed E-state index contributed by atoms with van der Waals surface area (Å²) in [6.45, 7) is 18.7. The lowest BCUT2D eigenvalue weighted by atomic mass is 9.85. The van der Waals surface area contributed by atoms with Gasteiger partial charge in [0.2, 0.25) is 17.6 Å². The molecule has 0 bridgehead atoms. The van der Waals surface area contributed by atoms with E-state index in [1.807, 2.05) is 55.4 Å². The lowest BCUT2D eigenvalue weighted by Crippen LogP contribution is -2.62. The first-order valence-corrected chi connectivity index (χ1v) is 17.7. The van der Waals surface area contributed by atoms with Gasteiger partial charge in [-0.3, -0.25) is 19.2 Å². The predicted octanol–water partition coefficient (Wildman–Crippen LogP) is 2.59. The molecule has 1 saturated heterocycles. The molecule has 1 aromatic carbocycles. The molecular weight excluding hydrogens is 622 g/mol. The molecule has 5 atom stereocenters. The van der Waals surface area contributed by atoms with Crippen LogP contribution in [0.25, 0.3) is 0 Å². The molecule has 12 nitrogen and oxygen atoms in total. The summed E-state index contributed by atoms with van der Waals surface area (Å²) in [5.41, 5.74) is -1.45. The highest BCUT2D eigenvalue weighted by Gasteiger charge is 2.70. The zero-order valence-electron chi connectivity index (χ0n) is 28.8. The first-order valence-electron chi connectivity index (χ1n) is 16.0. The first kappa shape index (κ1) is 37.7. The summed E-state index contributed by atoms with van der Waals surface area (Å²) in [6, 6.07) is 4.18. The number of fused-ring (bicyclic) bond motifs is 1. The number of nitrogens with one attached hydrogen (secondary N) is 4. The Morgan fingerprint density at radius 1 is 1.02 bits per heavy atom. The third-order valence-corrected chi connectivity index (χ3v) is 10.6. The first-order chi connectivity index (χ1) is 21.6. The van der Waals surface area contributed by atoms with E-state index in [0.717, 1.165) is 0 Å². The van der Waals surface area contributed by atoms with Gasteiger partial charge >= 0.3 is 6.03 Å². The molecule has 3 rings (SSSR count). The van der Waals surface area contributed by atoms with Crippen molar-refractivity contribution < 1.29 is 32.4 Å². The van der Waals surface area contributed by atoms with Crippen LogP contribution in [0.1, 0.15) is 68.2 Å².